The maximum Gasteiger partial charge on any atom is 0.241 e. The van der Waals surface area contributed by atoms with Gasteiger partial charge in [0.25, 0.3) is 0 Å². The Hall–Kier alpha value is -0.830. The Morgan fingerprint density at radius 1 is 1.20 bits per heavy atom. The van der Waals surface area contributed by atoms with Gasteiger partial charge < -0.3 is 14.8 Å². The van der Waals surface area contributed by atoms with Crippen LogP contribution in [0.2, 0.25) is 0 Å². The summed E-state index contributed by atoms with van der Waals surface area (Å²) in [7, 11) is -3.58. The van der Waals surface area contributed by atoms with Crippen LogP contribution in [-0.4, -0.2) is 41.3 Å². The summed E-state index contributed by atoms with van der Waals surface area (Å²) < 4.78 is 38.3. The Balaban J connectivity index is 2.18. The highest BCUT2D eigenvalue weighted by molar-refractivity contribution is 9.10. The van der Waals surface area contributed by atoms with Crippen LogP contribution in [0, 0.1) is 0 Å². The summed E-state index contributed by atoms with van der Waals surface area (Å²) in [6, 6.07) is 3.10. The van der Waals surface area contributed by atoms with Gasteiger partial charge in [0.1, 0.15) is 18.1 Å². The van der Waals surface area contributed by atoms with Crippen LogP contribution in [0.5, 0.6) is 11.5 Å². The Morgan fingerprint density at radius 2 is 1.85 bits per heavy atom. The van der Waals surface area contributed by atoms with Gasteiger partial charge in [0.15, 0.2) is 11.5 Å². The van der Waals surface area contributed by atoms with Crippen LogP contribution in [0.3, 0.4) is 0 Å². The van der Waals surface area contributed by atoms with Crippen LogP contribution in [0.4, 0.5) is 0 Å². The van der Waals surface area contributed by atoms with Gasteiger partial charge in [0.2, 0.25) is 10.0 Å². The maximum absolute atomic E-state index is 12.2. The Labute approximate surface area is 127 Å². The average molecular weight is 365 g/mol. The molecule has 112 valence electrons. The predicted molar refractivity (Wildman–Crippen MR) is 78.9 cm³/mol. The smallest absolute Gasteiger partial charge is 0.241 e. The first kappa shape index (κ1) is 15.6. The molecule has 0 amide bonds. The topological polar surface area (TPSA) is 76.7 Å². The minimum atomic E-state index is -3.58. The third kappa shape index (κ3) is 3.63. The lowest BCUT2D eigenvalue weighted by atomic mass is 10.3. The lowest BCUT2D eigenvalue weighted by Gasteiger charge is -2.20. The van der Waals surface area contributed by atoms with Crippen molar-refractivity contribution in [1.82, 2.24) is 10.0 Å². The van der Waals surface area contributed by atoms with Gasteiger partial charge in [0, 0.05) is 23.6 Å². The minimum absolute atomic E-state index is 0.151. The van der Waals surface area contributed by atoms with E-state index in [1.165, 1.54) is 6.07 Å². The van der Waals surface area contributed by atoms with Crippen molar-refractivity contribution in [2.45, 2.75) is 11.8 Å². The van der Waals surface area contributed by atoms with Crippen LogP contribution in [0.15, 0.2) is 21.5 Å². The maximum atomic E-state index is 12.2. The predicted octanol–water partition coefficient (Wildman–Crippen LogP) is 1.11. The van der Waals surface area contributed by atoms with Crippen molar-refractivity contribution in [3.63, 3.8) is 0 Å². The standard InChI is InChI=1S/C12H17BrN2O4S/c1-2-14-3-4-15-20(16,17)12-8-11-10(7-9(12)13)18-5-6-19-11/h7-8,14-15H,2-6H2,1H3. The van der Waals surface area contributed by atoms with E-state index in [0.29, 0.717) is 42.3 Å². The molecule has 2 N–H and O–H groups in total. The molecule has 0 bridgehead atoms. The van der Waals surface area contributed by atoms with Crippen LogP contribution < -0.4 is 19.5 Å². The molecule has 2 rings (SSSR count). The molecule has 0 fully saturated rings. The van der Waals surface area contributed by atoms with Crippen molar-refractivity contribution in [3.05, 3.63) is 16.6 Å². The van der Waals surface area contributed by atoms with Crippen molar-refractivity contribution in [3.8, 4) is 11.5 Å². The SMILES string of the molecule is CCNCCNS(=O)(=O)c1cc2c(cc1Br)OCCO2. The fourth-order valence-electron chi connectivity index (χ4n) is 1.78. The number of benzene rings is 1. The Bertz CT molecular complexity index is 577. The first-order valence-electron chi connectivity index (χ1n) is 6.34. The van der Waals surface area contributed by atoms with Crippen molar-refractivity contribution in [2.24, 2.45) is 0 Å². The highest BCUT2D eigenvalue weighted by atomic mass is 79.9. The number of halogens is 1. The number of fused-ring (bicyclic) bond motifs is 1. The van der Waals surface area contributed by atoms with Gasteiger partial charge in [0.05, 0.1) is 0 Å². The van der Waals surface area contributed by atoms with Crippen molar-refractivity contribution in [2.75, 3.05) is 32.8 Å². The van der Waals surface area contributed by atoms with Gasteiger partial charge in [-0.15, -0.1) is 0 Å². The minimum Gasteiger partial charge on any atom is -0.486 e. The number of sulfonamides is 1. The fourth-order valence-corrected chi connectivity index (χ4v) is 3.85. The second-order valence-electron chi connectivity index (χ2n) is 4.18. The molecule has 1 aliphatic heterocycles. The second-order valence-corrected chi connectivity index (χ2v) is 6.77. The van der Waals surface area contributed by atoms with E-state index in [-0.39, 0.29) is 4.90 Å². The van der Waals surface area contributed by atoms with Crippen LogP contribution >= 0.6 is 15.9 Å². The molecule has 1 heterocycles. The van der Waals surface area contributed by atoms with Gasteiger partial charge in [-0.1, -0.05) is 6.92 Å². The van der Waals surface area contributed by atoms with E-state index in [1.54, 1.807) is 6.07 Å². The van der Waals surface area contributed by atoms with Crippen molar-refractivity contribution < 1.29 is 17.9 Å². The lowest BCUT2D eigenvalue weighted by molar-refractivity contribution is 0.171. The number of hydrogen-bond donors (Lipinski definition) is 2. The zero-order valence-corrected chi connectivity index (χ0v) is 13.5. The summed E-state index contributed by atoms with van der Waals surface area (Å²) in [5.74, 6) is 1.00. The zero-order chi connectivity index (χ0) is 14.6. The second kappa shape index (κ2) is 6.75. The fraction of sp³-hybridized carbons (Fsp3) is 0.500. The molecule has 20 heavy (non-hydrogen) atoms. The number of hydrogen-bond acceptors (Lipinski definition) is 5. The molecule has 8 heteroatoms. The summed E-state index contributed by atoms with van der Waals surface area (Å²) in [4.78, 5) is 0.151. The number of ether oxygens (including phenoxy) is 2. The van der Waals surface area contributed by atoms with Crippen LogP contribution in [0.25, 0.3) is 0 Å². The monoisotopic (exact) mass is 364 g/mol. The molecule has 1 aliphatic rings. The third-order valence-electron chi connectivity index (χ3n) is 2.73. The molecular weight excluding hydrogens is 348 g/mol. The normalized spacial score (nSPS) is 14.3. The molecule has 0 radical (unpaired) electrons. The van der Waals surface area contributed by atoms with Crippen LogP contribution in [-0.2, 0) is 10.0 Å². The van der Waals surface area contributed by atoms with E-state index in [0.717, 1.165) is 6.54 Å². The molecule has 1 aromatic carbocycles. The van der Waals surface area contributed by atoms with E-state index < -0.39 is 10.0 Å². The van der Waals surface area contributed by atoms with Gasteiger partial charge in [-0.25, -0.2) is 13.1 Å². The summed E-state index contributed by atoms with van der Waals surface area (Å²) in [5.41, 5.74) is 0. The van der Waals surface area contributed by atoms with Crippen LogP contribution in [0.1, 0.15) is 6.92 Å². The zero-order valence-electron chi connectivity index (χ0n) is 11.1. The van der Waals surface area contributed by atoms with Gasteiger partial charge in [-0.2, -0.15) is 0 Å². The molecule has 1 aromatic rings. The molecule has 6 nitrogen and oxygen atoms in total. The molecule has 0 unspecified atom stereocenters. The van der Waals surface area contributed by atoms with E-state index in [1.807, 2.05) is 6.92 Å². The molecule has 0 aromatic heterocycles. The summed E-state index contributed by atoms with van der Waals surface area (Å²) in [5, 5.41) is 3.05. The summed E-state index contributed by atoms with van der Waals surface area (Å²) in [6.45, 7) is 4.56. The molecule has 0 spiro atoms. The number of likely N-dealkylation sites (N-methyl/N-ethyl adjacent to an activating group) is 1. The highest BCUT2D eigenvalue weighted by Gasteiger charge is 2.22. The molecule has 0 aliphatic carbocycles. The van der Waals surface area contributed by atoms with E-state index >= 15 is 0 Å². The third-order valence-corrected chi connectivity index (χ3v) is 5.15. The van der Waals surface area contributed by atoms with E-state index in [9.17, 15) is 8.42 Å². The number of rotatable bonds is 6. The van der Waals surface area contributed by atoms with E-state index in [2.05, 4.69) is 26.0 Å². The van der Waals surface area contributed by atoms with Gasteiger partial charge in [-0.05, 0) is 28.5 Å². The Morgan fingerprint density at radius 3 is 2.50 bits per heavy atom. The van der Waals surface area contributed by atoms with E-state index in [4.69, 9.17) is 9.47 Å². The van der Waals surface area contributed by atoms with Crippen molar-refractivity contribution in [1.29, 1.82) is 0 Å². The molecule has 0 saturated carbocycles. The number of nitrogens with one attached hydrogen (secondary N) is 2. The molecule has 0 saturated heterocycles. The van der Waals surface area contributed by atoms with Gasteiger partial charge in [-0.3, -0.25) is 0 Å². The molecule has 0 atom stereocenters. The largest absolute Gasteiger partial charge is 0.486 e. The first-order chi connectivity index (χ1) is 9.54. The highest BCUT2D eigenvalue weighted by Crippen LogP contribution is 2.37. The first-order valence-corrected chi connectivity index (χ1v) is 8.61. The lowest BCUT2D eigenvalue weighted by Crippen LogP contribution is -2.32. The Kier molecular flexibility index (Phi) is 5.25. The summed E-state index contributed by atoms with van der Waals surface area (Å²) >= 11 is 3.26. The quantitative estimate of drug-likeness (QED) is 0.739. The van der Waals surface area contributed by atoms with Crippen molar-refractivity contribution >= 4 is 26.0 Å². The summed E-state index contributed by atoms with van der Waals surface area (Å²) in [6.07, 6.45) is 0. The average Bonchev–Trinajstić information content (AvgIpc) is 2.43. The molecular formula is C12H17BrN2O4S. The van der Waals surface area contributed by atoms with Gasteiger partial charge >= 0.3 is 0 Å².